The van der Waals surface area contributed by atoms with Crippen LogP contribution in [0.5, 0.6) is 17.2 Å². The van der Waals surface area contributed by atoms with E-state index in [1.54, 1.807) is 0 Å². The van der Waals surface area contributed by atoms with Gasteiger partial charge in [0.05, 0.1) is 5.56 Å². The summed E-state index contributed by atoms with van der Waals surface area (Å²) in [5.74, 6) is -2.90. The third kappa shape index (κ3) is 2.68. The second kappa shape index (κ2) is 5.31. The molecule has 3 N–H and O–H groups in total. The molecule has 0 amide bonds. The largest absolute Gasteiger partial charge is 1.00 e. The molecule has 0 aliphatic heterocycles. The zero-order valence-corrected chi connectivity index (χ0v) is 9.95. The Hall–Kier alpha value is -0.620. The fraction of sp³-hybridized carbons (Fsp3) is 0. The molecule has 0 spiro atoms. The first-order valence-electron chi connectivity index (χ1n) is 3.14. The molecule has 0 aliphatic rings. The molecule has 0 aliphatic carbocycles. The Morgan fingerprint density at radius 1 is 1.29 bits per heavy atom. The van der Waals surface area contributed by atoms with Gasteiger partial charge in [0.1, 0.15) is 11.9 Å². The Balaban J connectivity index is 0. The first-order chi connectivity index (χ1) is 6.06. The van der Waals surface area contributed by atoms with Gasteiger partial charge in [-0.15, -0.1) is 0 Å². The molecule has 0 saturated heterocycles. The summed E-state index contributed by atoms with van der Waals surface area (Å²) >= 11 is 4.76. The molecule has 14 heavy (non-hydrogen) atoms. The molecule has 1 aromatic rings. The number of phenols is 3. The minimum absolute atomic E-state index is 0. The summed E-state index contributed by atoms with van der Waals surface area (Å²) in [6.45, 7) is 0. The predicted octanol–water partition coefficient (Wildman–Crippen LogP) is -1.77. The SMILES string of the molecule is O=C(OCl)c1cc(O)c(O)c(O)c1.[H-].[Na+]. The van der Waals surface area contributed by atoms with Crippen LogP contribution in [0.1, 0.15) is 11.8 Å². The molecule has 7 heteroatoms. The molecule has 5 nitrogen and oxygen atoms in total. The zero-order valence-electron chi connectivity index (χ0n) is 8.19. The smallest absolute Gasteiger partial charge is 1.00 e. The molecule has 0 unspecified atom stereocenters. The number of hydrogen-bond acceptors (Lipinski definition) is 5. The van der Waals surface area contributed by atoms with Crippen molar-refractivity contribution in [3.8, 4) is 17.2 Å². The summed E-state index contributed by atoms with van der Waals surface area (Å²) in [6.07, 6.45) is 0. The number of aromatic hydroxyl groups is 3. The van der Waals surface area contributed by atoms with Gasteiger partial charge in [0.15, 0.2) is 17.2 Å². The average Bonchev–Trinajstić information content (AvgIpc) is 2.12. The van der Waals surface area contributed by atoms with Gasteiger partial charge in [0, 0.05) is 0 Å². The monoisotopic (exact) mass is 228 g/mol. The molecule has 1 aromatic carbocycles. The quantitative estimate of drug-likeness (QED) is 0.391. The molecule has 0 saturated carbocycles. The Morgan fingerprint density at radius 3 is 2.07 bits per heavy atom. The summed E-state index contributed by atoms with van der Waals surface area (Å²) < 4.78 is 3.82. The average molecular weight is 229 g/mol. The fourth-order valence-corrected chi connectivity index (χ4v) is 0.856. The van der Waals surface area contributed by atoms with Gasteiger partial charge in [-0.3, -0.25) is 0 Å². The van der Waals surface area contributed by atoms with Crippen molar-refractivity contribution in [3.05, 3.63) is 17.7 Å². The summed E-state index contributed by atoms with van der Waals surface area (Å²) in [4.78, 5) is 10.8. The van der Waals surface area contributed by atoms with Crippen LogP contribution in [0, 0.1) is 0 Å². The number of hydrogen-bond donors (Lipinski definition) is 3. The maximum Gasteiger partial charge on any atom is 1.00 e. The van der Waals surface area contributed by atoms with Crippen molar-refractivity contribution in [1.29, 1.82) is 0 Å². The van der Waals surface area contributed by atoms with Crippen molar-refractivity contribution in [2.45, 2.75) is 0 Å². The van der Waals surface area contributed by atoms with Crippen LogP contribution in [-0.2, 0) is 4.29 Å². The van der Waals surface area contributed by atoms with E-state index in [0.29, 0.717) is 0 Å². The summed E-state index contributed by atoms with van der Waals surface area (Å²) in [5.41, 5.74) is -0.164. The van der Waals surface area contributed by atoms with E-state index >= 15 is 0 Å². The molecular formula is C7H6ClNaO5. The van der Waals surface area contributed by atoms with Crippen molar-refractivity contribution >= 4 is 17.8 Å². The van der Waals surface area contributed by atoms with Gasteiger partial charge in [-0.1, -0.05) is 0 Å². The van der Waals surface area contributed by atoms with Crippen molar-refractivity contribution in [2.24, 2.45) is 0 Å². The number of carbonyl (C=O) groups excluding carboxylic acids is 1. The van der Waals surface area contributed by atoms with Crippen molar-refractivity contribution in [1.82, 2.24) is 0 Å². The number of halogens is 1. The van der Waals surface area contributed by atoms with E-state index in [-0.39, 0.29) is 36.5 Å². The van der Waals surface area contributed by atoms with Gasteiger partial charge >= 0.3 is 35.5 Å². The summed E-state index contributed by atoms with van der Waals surface area (Å²) in [6, 6.07) is 1.83. The predicted molar refractivity (Wildman–Crippen MR) is 43.8 cm³/mol. The minimum Gasteiger partial charge on any atom is -1.00 e. The second-order valence-electron chi connectivity index (χ2n) is 2.23. The van der Waals surface area contributed by atoms with Crippen LogP contribution in [0.3, 0.4) is 0 Å². The van der Waals surface area contributed by atoms with E-state index in [9.17, 15) is 4.79 Å². The first-order valence-corrected chi connectivity index (χ1v) is 3.45. The normalized spacial score (nSPS) is 8.93. The Labute approximate surface area is 108 Å². The molecule has 0 bridgehead atoms. The van der Waals surface area contributed by atoms with E-state index in [2.05, 4.69) is 4.29 Å². The van der Waals surface area contributed by atoms with E-state index in [4.69, 9.17) is 27.2 Å². The van der Waals surface area contributed by atoms with Gasteiger partial charge in [-0.2, -0.15) is 0 Å². The molecule has 0 atom stereocenters. The zero-order chi connectivity index (χ0) is 10.0. The molecule has 0 fully saturated rings. The van der Waals surface area contributed by atoms with Gasteiger partial charge in [-0.25, -0.2) is 4.79 Å². The second-order valence-corrected chi connectivity index (χ2v) is 2.38. The number of phenolic OH excluding ortho intramolecular Hbond substituents is 3. The molecule has 0 heterocycles. The maximum absolute atomic E-state index is 10.8. The third-order valence-corrected chi connectivity index (χ3v) is 1.52. The summed E-state index contributed by atoms with van der Waals surface area (Å²) in [5, 5.41) is 26.8. The van der Waals surface area contributed by atoms with E-state index in [0.717, 1.165) is 12.1 Å². The fourth-order valence-electron chi connectivity index (χ4n) is 0.767. The molecule has 0 radical (unpaired) electrons. The van der Waals surface area contributed by atoms with Crippen LogP contribution >= 0.6 is 11.9 Å². The van der Waals surface area contributed by atoms with Crippen LogP contribution in [0.25, 0.3) is 0 Å². The first kappa shape index (κ1) is 13.4. The summed E-state index contributed by atoms with van der Waals surface area (Å²) in [7, 11) is 0. The Kier molecular flexibility index (Phi) is 5.07. The Bertz CT molecular complexity index is 336. The van der Waals surface area contributed by atoms with Gasteiger partial charge in [0.25, 0.3) is 0 Å². The van der Waals surface area contributed by atoms with Crippen molar-refractivity contribution < 1.29 is 55.4 Å². The van der Waals surface area contributed by atoms with Gasteiger partial charge < -0.3 is 21.0 Å². The minimum atomic E-state index is -0.938. The van der Waals surface area contributed by atoms with Gasteiger partial charge in [-0.05, 0) is 12.1 Å². The van der Waals surface area contributed by atoms with Gasteiger partial charge in [0.2, 0.25) is 0 Å². The third-order valence-electron chi connectivity index (χ3n) is 1.38. The van der Waals surface area contributed by atoms with Crippen LogP contribution in [0.2, 0.25) is 0 Å². The molecule has 0 aromatic heterocycles. The van der Waals surface area contributed by atoms with E-state index < -0.39 is 23.2 Å². The van der Waals surface area contributed by atoms with Crippen molar-refractivity contribution in [3.63, 3.8) is 0 Å². The standard InChI is InChI=1S/C7H5ClO5.Na.H/c8-13-7(12)3-1-4(9)6(11)5(10)2-3;;/h1-2,9-11H;;/q;+1;-1. The van der Waals surface area contributed by atoms with Crippen LogP contribution < -0.4 is 29.6 Å². The Morgan fingerprint density at radius 2 is 1.71 bits per heavy atom. The number of carbonyl (C=O) groups is 1. The molecule has 1 rings (SSSR count). The van der Waals surface area contributed by atoms with Crippen molar-refractivity contribution in [2.75, 3.05) is 0 Å². The van der Waals surface area contributed by atoms with E-state index in [1.807, 2.05) is 0 Å². The number of benzene rings is 1. The van der Waals surface area contributed by atoms with Crippen LogP contribution in [-0.4, -0.2) is 21.3 Å². The topological polar surface area (TPSA) is 87.0 Å². The van der Waals surface area contributed by atoms with Crippen LogP contribution in [0.15, 0.2) is 12.1 Å². The molecular weight excluding hydrogens is 223 g/mol. The van der Waals surface area contributed by atoms with Crippen LogP contribution in [0.4, 0.5) is 0 Å². The maximum atomic E-state index is 10.8. The number of rotatable bonds is 1. The molecule has 72 valence electrons. The van der Waals surface area contributed by atoms with E-state index in [1.165, 1.54) is 0 Å².